The summed E-state index contributed by atoms with van der Waals surface area (Å²) in [4.78, 5) is 9.59. The van der Waals surface area contributed by atoms with Gasteiger partial charge in [0.1, 0.15) is 0 Å². The van der Waals surface area contributed by atoms with Crippen molar-refractivity contribution in [1.29, 1.82) is 0 Å². The highest BCUT2D eigenvalue weighted by atomic mass is 15.0. The van der Waals surface area contributed by atoms with Crippen molar-refractivity contribution >= 4 is 131 Å². The minimum absolute atomic E-state index is 1.00. The fourth-order valence-electron chi connectivity index (χ4n) is 17.2. The average molecular weight is 1300 g/mol. The molecule has 22 rings (SSSR count). The predicted octanol–water partition coefficient (Wildman–Crippen LogP) is 24.1. The van der Waals surface area contributed by atoms with E-state index in [0.29, 0.717) is 0 Å². The zero-order valence-corrected chi connectivity index (χ0v) is 55.1. The van der Waals surface area contributed by atoms with Crippen LogP contribution in [0.5, 0.6) is 0 Å². The van der Waals surface area contributed by atoms with E-state index in [2.05, 4.69) is 355 Å². The van der Waals surface area contributed by atoms with Gasteiger partial charge in [-0.25, -0.2) is 0 Å². The maximum atomic E-state index is 4.79. The number of fused-ring (bicyclic) bond motifs is 18. The average Bonchev–Trinajstić information content (AvgIpc) is 1.57. The molecule has 22 aromatic rings. The second-order valence-corrected chi connectivity index (χ2v) is 26.9. The molecular weight excluding hydrogens is 1240 g/mol. The van der Waals surface area contributed by atoms with Crippen LogP contribution >= 0.6 is 0 Å². The van der Waals surface area contributed by atoms with Gasteiger partial charge < -0.3 is 27.4 Å². The molecule has 102 heavy (non-hydrogen) atoms. The molecule has 0 N–H and O–H groups in total. The van der Waals surface area contributed by atoms with Gasteiger partial charge in [0.25, 0.3) is 0 Å². The standard InChI is InChI=1S/C94H58N8/c1-9-25-83-69(17-1)70-18-2-10-26-84(70)99(83)63-41-45-91-77(53-63)78-54-64(100-85-27-11-3-19-71(85)72-20-4-12-28-86(72)100)42-46-92(78)97(91)61-37-33-59(34-38-61)67-49-51-95-57-81(67)82-58-96-52-50-68(82)60-35-39-62(40-36-60)98-93-47-43-65(101-87-29-13-5-21-73(87)74-22-6-14-30-88(74)101)55-79(93)80-56-66(44-48-94(80)98)102-89-31-15-7-23-75(89)76-24-8-16-32-90(76)102/h1-58H. The molecule has 8 aromatic heterocycles. The molecule has 0 unspecified atom stereocenters. The molecule has 0 aliphatic carbocycles. The summed E-state index contributed by atoms with van der Waals surface area (Å²) in [7, 11) is 0. The van der Waals surface area contributed by atoms with Crippen LogP contribution in [0, 0.1) is 0 Å². The van der Waals surface area contributed by atoms with Crippen LogP contribution in [0.1, 0.15) is 0 Å². The Bertz CT molecular complexity index is 6260. The number of benzene rings is 14. The van der Waals surface area contributed by atoms with Crippen molar-refractivity contribution in [2.45, 2.75) is 0 Å². The summed E-state index contributed by atoms with van der Waals surface area (Å²) < 4.78 is 14.6. The first-order valence-electron chi connectivity index (χ1n) is 34.8. The fraction of sp³-hybridized carbons (Fsp3) is 0. The van der Waals surface area contributed by atoms with E-state index in [9.17, 15) is 0 Å². The Hall–Kier alpha value is -13.8. The molecule has 0 aliphatic rings. The molecule has 0 saturated heterocycles. The zero-order chi connectivity index (χ0) is 66.7. The monoisotopic (exact) mass is 1300 g/mol. The summed E-state index contributed by atoms with van der Waals surface area (Å²) in [5, 5.41) is 14.6. The Morgan fingerprint density at radius 3 is 0.588 bits per heavy atom. The molecule has 474 valence electrons. The van der Waals surface area contributed by atoms with Gasteiger partial charge >= 0.3 is 0 Å². The minimum atomic E-state index is 1.00. The fourth-order valence-corrected chi connectivity index (χ4v) is 17.2. The molecule has 8 nitrogen and oxygen atoms in total. The Labute approximate surface area is 584 Å². The maximum absolute atomic E-state index is 4.79. The number of aromatic nitrogens is 8. The normalized spacial score (nSPS) is 12.1. The Balaban J connectivity index is 0.653. The molecule has 0 radical (unpaired) electrons. The SMILES string of the molecule is c1ccc2c(c1)c1ccccc1n2-c1ccc2c(c1)c1cc(-n3c4ccccc4c4ccccc43)ccc1n2-c1ccc(-c2ccncc2-c2cnccc2-c2ccc(-n3c4ccc(-n5c6ccccc6c6ccccc65)cc4c4cc(-n5c6ccccc6c6ccccc65)ccc43)cc2)cc1. The van der Waals surface area contributed by atoms with Gasteiger partial charge in [0.15, 0.2) is 0 Å². The third-order valence-corrected chi connectivity index (χ3v) is 21.6. The Morgan fingerprint density at radius 2 is 0.353 bits per heavy atom. The summed E-state index contributed by atoms with van der Waals surface area (Å²) in [6.07, 6.45) is 7.79. The lowest BCUT2D eigenvalue weighted by Crippen LogP contribution is -1.97. The van der Waals surface area contributed by atoms with Crippen molar-refractivity contribution in [2.24, 2.45) is 0 Å². The molecule has 14 aromatic carbocycles. The van der Waals surface area contributed by atoms with Crippen molar-refractivity contribution in [3.8, 4) is 67.5 Å². The van der Waals surface area contributed by atoms with Crippen molar-refractivity contribution in [2.75, 3.05) is 0 Å². The smallest absolute Gasteiger partial charge is 0.0542 e. The van der Waals surface area contributed by atoms with Crippen LogP contribution in [-0.2, 0) is 0 Å². The lowest BCUT2D eigenvalue weighted by Gasteiger charge is -2.15. The molecule has 0 atom stereocenters. The van der Waals surface area contributed by atoms with Crippen molar-refractivity contribution in [1.82, 2.24) is 37.4 Å². The van der Waals surface area contributed by atoms with Crippen LogP contribution < -0.4 is 0 Å². The van der Waals surface area contributed by atoms with Gasteiger partial charge in [0.2, 0.25) is 0 Å². The van der Waals surface area contributed by atoms with Gasteiger partial charge in [-0.1, -0.05) is 170 Å². The number of nitrogens with zero attached hydrogens (tertiary/aromatic N) is 8. The maximum Gasteiger partial charge on any atom is 0.0542 e. The number of para-hydroxylation sites is 8. The van der Waals surface area contributed by atoms with Gasteiger partial charge in [-0.2, -0.15) is 0 Å². The van der Waals surface area contributed by atoms with E-state index in [0.717, 1.165) is 89.6 Å². The van der Waals surface area contributed by atoms with Crippen molar-refractivity contribution < 1.29 is 0 Å². The lowest BCUT2D eigenvalue weighted by molar-refractivity contribution is 1.16. The molecule has 8 heteroatoms. The van der Waals surface area contributed by atoms with Crippen LogP contribution in [0.2, 0.25) is 0 Å². The summed E-state index contributed by atoms with van der Waals surface area (Å²) in [6.45, 7) is 0. The zero-order valence-electron chi connectivity index (χ0n) is 55.1. The molecular formula is C94H58N8. The summed E-state index contributed by atoms with van der Waals surface area (Å²) in [6, 6.07) is 121. The van der Waals surface area contributed by atoms with Crippen LogP contribution in [-0.4, -0.2) is 37.4 Å². The number of hydrogen-bond acceptors (Lipinski definition) is 2. The lowest BCUT2D eigenvalue weighted by atomic mass is 9.92. The number of hydrogen-bond donors (Lipinski definition) is 0. The van der Waals surface area contributed by atoms with Crippen LogP contribution in [0.25, 0.3) is 198 Å². The van der Waals surface area contributed by atoms with E-state index in [1.807, 2.05) is 24.8 Å². The first-order chi connectivity index (χ1) is 50.6. The molecule has 0 spiro atoms. The van der Waals surface area contributed by atoms with Gasteiger partial charge in [-0.05, 0) is 180 Å². The van der Waals surface area contributed by atoms with E-state index in [1.54, 1.807) is 0 Å². The van der Waals surface area contributed by atoms with E-state index < -0.39 is 0 Å². The van der Waals surface area contributed by atoms with Gasteiger partial charge in [0, 0.05) is 135 Å². The molecule has 0 amide bonds. The summed E-state index contributed by atoms with van der Waals surface area (Å²) in [5.41, 5.74) is 26.9. The first-order valence-corrected chi connectivity index (χ1v) is 34.8. The van der Waals surface area contributed by atoms with Gasteiger partial charge in [-0.3, -0.25) is 9.97 Å². The molecule has 0 saturated carbocycles. The number of pyridine rings is 2. The highest BCUT2D eigenvalue weighted by Gasteiger charge is 2.23. The van der Waals surface area contributed by atoms with Crippen molar-refractivity contribution in [3.05, 3.63) is 352 Å². The third-order valence-electron chi connectivity index (χ3n) is 21.6. The molecule has 8 heterocycles. The van der Waals surface area contributed by atoms with Crippen molar-refractivity contribution in [3.63, 3.8) is 0 Å². The predicted molar refractivity (Wildman–Crippen MR) is 424 cm³/mol. The van der Waals surface area contributed by atoms with Crippen LogP contribution in [0.4, 0.5) is 0 Å². The van der Waals surface area contributed by atoms with E-state index >= 15 is 0 Å². The quantitative estimate of drug-likeness (QED) is 0.145. The largest absolute Gasteiger partial charge is 0.309 e. The van der Waals surface area contributed by atoms with E-state index in [1.165, 1.54) is 109 Å². The highest BCUT2D eigenvalue weighted by molar-refractivity contribution is 6.17. The van der Waals surface area contributed by atoms with Crippen LogP contribution in [0.15, 0.2) is 352 Å². The molecule has 0 bridgehead atoms. The molecule has 0 fully saturated rings. The second-order valence-electron chi connectivity index (χ2n) is 26.9. The Morgan fingerprint density at radius 1 is 0.157 bits per heavy atom. The van der Waals surface area contributed by atoms with Gasteiger partial charge in [-0.15, -0.1) is 0 Å². The third kappa shape index (κ3) is 8.20. The Kier molecular flexibility index (Phi) is 12.0. The van der Waals surface area contributed by atoms with Gasteiger partial charge in [0.05, 0.1) is 66.2 Å². The highest BCUT2D eigenvalue weighted by Crippen LogP contribution is 2.45. The first kappa shape index (κ1) is 56.2. The summed E-state index contributed by atoms with van der Waals surface area (Å²) >= 11 is 0. The van der Waals surface area contributed by atoms with E-state index in [4.69, 9.17) is 9.97 Å². The molecule has 0 aliphatic heterocycles. The second kappa shape index (κ2) is 21.8. The minimum Gasteiger partial charge on any atom is -0.309 e. The van der Waals surface area contributed by atoms with E-state index in [-0.39, 0.29) is 0 Å². The topological polar surface area (TPSA) is 55.4 Å². The summed E-state index contributed by atoms with van der Waals surface area (Å²) in [5.74, 6) is 0. The number of rotatable bonds is 9. The van der Waals surface area contributed by atoms with Crippen LogP contribution in [0.3, 0.4) is 0 Å².